The molecule has 3 heteroatoms. The van der Waals surface area contributed by atoms with Gasteiger partial charge in [0.15, 0.2) is 24.8 Å². The second-order valence-electron chi connectivity index (χ2n) is 13.9. The van der Waals surface area contributed by atoms with Crippen molar-refractivity contribution in [2.45, 2.75) is 137 Å². The topological polar surface area (TPSA) is 17.0 Å². The van der Waals surface area contributed by atoms with E-state index in [9.17, 15) is 0 Å². The van der Waals surface area contributed by atoms with Crippen molar-refractivity contribution >= 4 is 0 Å². The number of rotatable bonds is 16. The molecule has 0 radical (unpaired) electrons. The van der Waals surface area contributed by atoms with Gasteiger partial charge in [0.1, 0.15) is 18.8 Å². The summed E-state index contributed by atoms with van der Waals surface area (Å²) in [6.45, 7) is 18.8. The minimum Gasteiger partial charge on any atom is -0.494 e. The average Bonchev–Trinajstić information content (AvgIpc) is 2.94. The highest BCUT2D eigenvalue weighted by atomic mass is 16.5. The van der Waals surface area contributed by atoms with E-state index in [4.69, 9.17) is 4.74 Å². The standard InChI is InChI=1S/C38H58N2O/c1-8-9-10-11-12-13-14-15-22-39-24-18-32(19-25-39)33-20-26-40(27-21-33)23-16-17-28-41-36-30-34(37(2,3)4)29-35(31-36)38(5,6)7/h18-21,24-27,29-31H,8-17,22-23,28H2,1-7H3/q+2. The summed E-state index contributed by atoms with van der Waals surface area (Å²) in [5, 5.41) is 0. The third-order valence-electron chi connectivity index (χ3n) is 8.10. The normalized spacial score (nSPS) is 12.1. The zero-order chi connectivity index (χ0) is 29.7. The summed E-state index contributed by atoms with van der Waals surface area (Å²) >= 11 is 0. The van der Waals surface area contributed by atoms with Gasteiger partial charge < -0.3 is 4.74 Å². The number of pyridine rings is 2. The molecule has 0 aliphatic heterocycles. The Kier molecular flexibility index (Phi) is 12.9. The van der Waals surface area contributed by atoms with Gasteiger partial charge in [-0.1, -0.05) is 93.1 Å². The largest absolute Gasteiger partial charge is 0.494 e. The van der Waals surface area contributed by atoms with Crippen molar-refractivity contribution in [3.63, 3.8) is 0 Å². The summed E-state index contributed by atoms with van der Waals surface area (Å²) < 4.78 is 10.9. The summed E-state index contributed by atoms with van der Waals surface area (Å²) in [7, 11) is 0. The molecule has 0 bridgehead atoms. The highest BCUT2D eigenvalue weighted by Crippen LogP contribution is 2.33. The van der Waals surface area contributed by atoms with Crippen molar-refractivity contribution in [2.75, 3.05) is 6.61 Å². The molecule has 3 rings (SSSR count). The molecule has 2 heterocycles. The predicted octanol–water partition coefficient (Wildman–Crippen LogP) is 9.52. The Morgan fingerprint density at radius 2 is 0.951 bits per heavy atom. The molecule has 224 valence electrons. The number of nitrogens with zero attached hydrogens (tertiary/aromatic N) is 2. The lowest BCUT2D eigenvalue weighted by molar-refractivity contribution is -0.697. The van der Waals surface area contributed by atoms with Crippen molar-refractivity contribution in [3.05, 3.63) is 78.4 Å². The number of benzene rings is 1. The molecule has 0 atom stereocenters. The van der Waals surface area contributed by atoms with Crippen molar-refractivity contribution < 1.29 is 13.9 Å². The quantitative estimate of drug-likeness (QED) is 0.126. The Morgan fingerprint density at radius 1 is 0.537 bits per heavy atom. The Hall–Kier alpha value is -2.68. The van der Waals surface area contributed by atoms with Crippen molar-refractivity contribution in [3.8, 4) is 16.9 Å². The number of unbranched alkanes of at least 4 members (excludes halogenated alkanes) is 8. The van der Waals surface area contributed by atoms with Gasteiger partial charge in [-0.15, -0.1) is 0 Å². The molecular formula is C38H58N2O+2. The van der Waals surface area contributed by atoms with Gasteiger partial charge in [-0.05, 0) is 58.1 Å². The molecule has 0 unspecified atom stereocenters. The van der Waals surface area contributed by atoms with Gasteiger partial charge in [0.05, 0.1) is 6.61 Å². The molecule has 0 aliphatic rings. The first kappa shape index (κ1) is 32.8. The Balaban J connectivity index is 1.39. The average molecular weight is 559 g/mol. The molecule has 3 nitrogen and oxygen atoms in total. The molecule has 1 aromatic carbocycles. The van der Waals surface area contributed by atoms with Crippen LogP contribution in [-0.2, 0) is 23.9 Å². The van der Waals surface area contributed by atoms with Gasteiger partial charge in [-0.2, -0.15) is 0 Å². The third kappa shape index (κ3) is 11.6. The molecule has 0 saturated heterocycles. The van der Waals surface area contributed by atoms with E-state index in [0.717, 1.165) is 38.3 Å². The fourth-order valence-corrected chi connectivity index (χ4v) is 5.16. The van der Waals surface area contributed by atoms with Gasteiger partial charge >= 0.3 is 0 Å². The first-order valence-electron chi connectivity index (χ1n) is 16.3. The van der Waals surface area contributed by atoms with Crippen LogP contribution in [0.25, 0.3) is 11.1 Å². The Labute approximate surface area is 252 Å². The highest BCUT2D eigenvalue weighted by molar-refractivity contribution is 5.60. The molecule has 0 fully saturated rings. The molecule has 3 aromatic rings. The fourth-order valence-electron chi connectivity index (χ4n) is 5.16. The molecular weight excluding hydrogens is 500 g/mol. The van der Waals surface area contributed by atoms with Crippen LogP contribution in [0.3, 0.4) is 0 Å². The summed E-state index contributed by atoms with van der Waals surface area (Å²) in [5.41, 5.74) is 5.45. The molecule has 0 amide bonds. The maximum atomic E-state index is 6.25. The monoisotopic (exact) mass is 558 g/mol. The van der Waals surface area contributed by atoms with Crippen LogP contribution >= 0.6 is 0 Å². The summed E-state index contributed by atoms with van der Waals surface area (Å²) in [4.78, 5) is 0. The van der Waals surface area contributed by atoms with Gasteiger partial charge in [0.25, 0.3) is 0 Å². The lowest BCUT2D eigenvalue weighted by atomic mass is 9.80. The second-order valence-corrected chi connectivity index (χ2v) is 13.9. The molecule has 0 spiro atoms. The Bertz CT molecular complexity index is 1120. The zero-order valence-corrected chi connectivity index (χ0v) is 27.3. The van der Waals surface area contributed by atoms with Crippen LogP contribution in [0.4, 0.5) is 0 Å². The number of hydrogen-bond acceptors (Lipinski definition) is 1. The van der Waals surface area contributed by atoms with E-state index in [1.807, 2.05) is 0 Å². The number of hydrogen-bond donors (Lipinski definition) is 0. The Morgan fingerprint density at radius 3 is 1.39 bits per heavy atom. The van der Waals surface area contributed by atoms with Crippen molar-refractivity contribution in [1.82, 2.24) is 0 Å². The first-order valence-corrected chi connectivity index (χ1v) is 16.3. The maximum absolute atomic E-state index is 6.25. The van der Waals surface area contributed by atoms with Crippen LogP contribution in [-0.4, -0.2) is 6.61 Å². The van der Waals surface area contributed by atoms with Crippen LogP contribution in [0.15, 0.2) is 67.3 Å². The summed E-state index contributed by atoms with van der Waals surface area (Å²) in [6, 6.07) is 15.8. The van der Waals surface area contributed by atoms with Crippen LogP contribution in [0, 0.1) is 0 Å². The van der Waals surface area contributed by atoms with Crippen molar-refractivity contribution in [2.24, 2.45) is 0 Å². The smallest absolute Gasteiger partial charge is 0.169 e. The van der Waals surface area contributed by atoms with E-state index in [2.05, 4.69) is 125 Å². The van der Waals surface area contributed by atoms with E-state index in [1.165, 1.54) is 73.6 Å². The number of aryl methyl sites for hydroxylation is 2. The zero-order valence-electron chi connectivity index (χ0n) is 27.3. The van der Waals surface area contributed by atoms with E-state index in [0.29, 0.717) is 0 Å². The SMILES string of the molecule is CCCCCCCCCC[n+]1ccc(-c2cc[n+](CCCCOc3cc(C(C)(C)C)cc(C(C)(C)C)c3)cc2)cc1. The highest BCUT2D eigenvalue weighted by Gasteiger charge is 2.21. The molecule has 2 aromatic heterocycles. The van der Waals surface area contributed by atoms with E-state index < -0.39 is 0 Å². The summed E-state index contributed by atoms with van der Waals surface area (Å²) in [6.07, 6.45) is 22.0. The fraction of sp³-hybridized carbons (Fsp3) is 0.579. The van der Waals surface area contributed by atoms with Crippen LogP contribution < -0.4 is 13.9 Å². The first-order chi connectivity index (χ1) is 19.6. The molecule has 41 heavy (non-hydrogen) atoms. The van der Waals surface area contributed by atoms with E-state index in [-0.39, 0.29) is 10.8 Å². The minimum atomic E-state index is 0.107. The number of aromatic nitrogens is 2. The van der Waals surface area contributed by atoms with Gasteiger partial charge in [0, 0.05) is 37.1 Å². The predicted molar refractivity (Wildman–Crippen MR) is 173 cm³/mol. The maximum Gasteiger partial charge on any atom is 0.169 e. The lowest BCUT2D eigenvalue weighted by Crippen LogP contribution is -2.33. The molecule has 0 saturated carbocycles. The minimum absolute atomic E-state index is 0.107. The van der Waals surface area contributed by atoms with Gasteiger partial charge in [-0.25, -0.2) is 9.13 Å². The second kappa shape index (κ2) is 16.1. The van der Waals surface area contributed by atoms with Crippen LogP contribution in [0.1, 0.15) is 124 Å². The van der Waals surface area contributed by atoms with E-state index in [1.54, 1.807) is 0 Å². The van der Waals surface area contributed by atoms with Gasteiger partial charge in [0.2, 0.25) is 0 Å². The number of ether oxygens (including phenoxy) is 1. The third-order valence-corrected chi connectivity index (χ3v) is 8.10. The van der Waals surface area contributed by atoms with Crippen LogP contribution in [0.2, 0.25) is 0 Å². The lowest BCUT2D eigenvalue weighted by Gasteiger charge is -2.26. The molecule has 0 aliphatic carbocycles. The summed E-state index contributed by atoms with van der Waals surface area (Å²) in [5.74, 6) is 1.00. The van der Waals surface area contributed by atoms with Crippen LogP contribution in [0.5, 0.6) is 5.75 Å². The van der Waals surface area contributed by atoms with Gasteiger partial charge in [-0.3, -0.25) is 0 Å². The molecule has 0 N–H and O–H groups in total. The van der Waals surface area contributed by atoms with Crippen molar-refractivity contribution in [1.29, 1.82) is 0 Å². The van der Waals surface area contributed by atoms with E-state index >= 15 is 0 Å².